The molecule has 0 aromatic heterocycles. The van der Waals surface area contributed by atoms with E-state index >= 15 is 0 Å². The van der Waals surface area contributed by atoms with Crippen molar-refractivity contribution in [3.05, 3.63) is 18.6 Å². The molecule has 0 aromatic rings. The molecule has 0 fully saturated rings. The van der Waals surface area contributed by atoms with E-state index in [0.29, 0.717) is 0 Å². The Kier molecular flexibility index (Phi) is 22.6. The van der Waals surface area contributed by atoms with Gasteiger partial charge in [0.25, 0.3) is 0 Å². The summed E-state index contributed by atoms with van der Waals surface area (Å²) in [5.41, 5.74) is 0. The second-order valence-corrected chi connectivity index (χ2v) is 8.27. The first-order chi connectivity index (χ1) is 12.8. The summed E-state index contributed by atoms with van der Waals surface area (Å²) < 4.78 is 0. The fourth-order valence-corrected chi connectivity index (χ4v) is 3.70. The fourth-order valence-electron chi connectivity index (χ4n) is 3.70. The van der Waals surface area contributed by atoms with Crippen LogP contribution in [0.1, 0.15) is 143 Å². The van der Waals surface area contributed by atoms with Crippen molar-refractivity contribution in [1.29, 1.82) is 0 Å². The Hall–Kier alpha value is -0.260. The zero-order valence-electron chi connectivity index (χ0n) is 18.7. The van der Waals surface area contributed by atoms with E-state index in [2.05, 4.69) is 39.3 Å². The van der Waals surface area contributed by atoms with Crippen molar-refractivity contribution in [2.45, 2.75) is 143 Å². The predicted octanol–water partition coefficient (Wildman–Crippen LogP) is 9.83. The zero-order chi connectivity index (χ0) is 19.1. The summed E-state index contributed by atoms with van der Waals surface area (Å²) in [4.78, 5) is 0. The molecular formula is C26H51. The number of rotatable bonds is 21. The molecule has 155 valence electrons. The molecule has 0 N–H and O–H groups in total. The molecule has 26 heavy (non-hydrogen) atoms. The van der Waals surface area contributed by atoms with Crippen LogP contribution in [0.25, 0.3) is 0 Å². The average Bonchev–Trinajstić information content (AvgIpc) is 2.66. The summed E-state index contributed by atoms with van der Waals surface area (Å²) in [6.45, 7) is 6.94. The molecule has 1 unspecified atom stereocenters. The average molecular weight is 364 g/mol. The maximum Gasteiger partial charge on any atom is -0.0351 e. The number of unbranched alkanes of at least 4 members (excludes halogenated alkanes) is 14. The maximum atomic E-state index is 2.62. The van der Waals surface area contributed by atoms with Crippen LogP contribution in [-0.2, 0) is 0 Å². The van der Waals surface area contributed by atoms with E-state index in [1.165, 1.54) is 122 Å². The first-order valence-electron chi connectivity index (χ1n) is 12.3. The van der Waals surface area contributed by atoms with Crippen molar-refractivity contribution >= 4 is 0 Å². The third-order valence-corrected chi connectivity index (χ3v) is 5.67. The molecule has 1 radical (unpaired) electrons. The Morgan fingerprint density at radius 3 is 1.46 bits per heavy atom. The van der Waals surface area contributed by atoms with Gasteiger partial charge < -0.3 is 0 Å². The summed E-state index contributed by atoms with van der Waals surface area (Å²) in [5.74, 6) is 0.887. The molecule has 0 aliphatic rings. The highest BCUT2D eigenvalue weighted by Crippen LogP contribution is 2.19. The van der Waals surface area contributed by atoms with Crippen molar-refractivity contribution in [3.8, 4) is 0 Å². The molecule has 0 bridgehead atoms. The van der Waals surface area contributed by atoms with Crippen molar-refractivity contribution in [2.24, 2.45) is 5.92 Å². The highest BCUT2D eigenvalue weighted by Gasteiger charge is 2.05. The molecule has 0 aliphatic carbocycles. The van der Waals surface area contributed by atoms with Crippen LogP contribution in [0.15, 0.2) is 12.2 Å². The normalized spacial score (nSPS) is 12.9. The molecular weight excluding hydrogens is 312 g/mol. The van der Waals surface area contributed by atoms with Gasteiger partial charge in [-0.2, -0.15) is 0 Å². The quantitative estimate of drug-likeness (QED) is 0.140. The lowest BCUT2D eigenvalue weighted by atomic mass is 9.93. The van der Waals surface area contributed by atoms with E-state index in [1.807, 2.05) is 0 Å². The molecule has 0 saturated carbocycles. The SMILES string of the molecule is CCCCCCCC/C=C\CCCCCCCC[CH]C(CC)CCCC. The minimum Gasteiger partial charge on any atom is -0.0885 e. The molecule has 0 spiro atoms. The van der Waals surface area contributed by atoms with E-state index < -0.39 is 0 Å². The van der Waals surface area contributed by atoms with Gasteiger partial charge in [0.05, 0.1) is 0 Å². The Bertz CT molecular complexity index is 265. The summed E-state index contributed by atoms with van der Waals surface area (Å²) in [7, 11) is 0. The van der Waals surface area contributed by atoms with Gasteiger partial charge in [-0.25, -0.2) is 0 Å². The minimum absolute atomic E-state index is 0.887. The summed E-state index contributed by atoms with van der Waals surface area (Å²) in [6, 6.07) is 0. The Morgan fingerprint density at radius 1 is 0.500 bits per heavy atom. The molecule has 0 aliphatic heterocycles. The Labute approximate surface area is 167 Å². The lowest BCUT2D eigenvalue weighted by Gasteiger charge is -2.13. The topological polar surface area (TPSA) is 0 Å². The van der Waals surface area contributed by atoms with Gasteiger partial charge in [0.1, 0.15) is 0 Å². The predicted molar refractivity (Wildman–Crippen MR) is 122 cm³/mol. The third kappa shape index (κ3) is 20.1. The summed E-state index contributed by atoms with van der Waals surface area (Å²) in [5, 5.41) is 0. The number of allylic oxidation sites excluding steroid dienone is 2. The first kappa shape index (κ1) is 25.7. The maximum absolute atomic E-state index is 2.62. The Morgan fingerprint density at radius 2 is 0.962 bits per heavy atom. The highest BCUT2D eigenvalue weighted by molar-refractivity contribution is 4.81. The van der Waals surface area contributed by atoms with E-state index in [0.717, 1.165) is 5.92 Å². The van der Waals surface area contributed by atoms with Crippen molar-refractivity contribution in [3.63, 3.8) is 0 Å². The molecule has 0 heterocycles. The van der Waals surface area contributed by atoms with E-state index in [4.69, 9.17) is 0 Å². The monoisotopic (exact) mass is 363 g/mol. The van der Waals surface area contributed by atoms with Gasteiger partial charge in [-0.1, -0.05) is 123 Å². The van der Waals surface area contributed by atoms with E-state index in [1.54, 1.807) is 0 Å². The van der Waals surface area contributed by atoms with Crippen LogP contribution in [0, 0.1) is 12.3 Å². The van der Waals surface area contributed by atoms with Crippen LogP contribution in [0.3, 0.4) is 0 Å². The molecule has 0 saturated heterocycles. The van der Waals surface area contributed by atoms with Gasteiger partial charge in [-0.15, -0.1) is 0 Å². The van der Waals surface area contributed by atoms with Crippen molar-refractivity contribution < 1.29 is 0 Å². The lowest BCUT2D eigenvalue weighted by molar-refractivity contribution is 0.482. The van der Waals surface area contributed by atoms with Crippen molar-refractivity contribution in [1.82, 2.24) is 0 Å². The van der Waals surface area contributed by atoms with Crippen LogP contribution in [0.4, 0.5) is 0 Å². The van der Waals surface area contributed by atoms with Crippen LogP contribution in [-0.4, -0.2) is 0 Å². The standard InChI is InChI=1S/C26H51/c1-4-7-9-10-11-12-13-14-15-16-17-18-19-20-21-22-23-25-26(6-3)24-8-5-2/h14-15,25-26H,4-13,16-24H2,1-3H3/b15-14-. The van der Waals surface area contributed by atoms with Gasteiger partial charge in [-0.3, -0.25) is 0 Å². The van der Waals surface area contributed by atoms with Gasteiger partial charge in [0.2, 0.25) is 0 Å². The Balaban J connectivity index is 3.20. The van der Waals surface area contributed by atoms with Gasteiger partial charge in [0.15, 0.2) is 0 Å². The van der Waals surface area contributed by atoms with Gasteiger partial charge >= 0.3 is 0 Å². The summed E-state index contributed by atoms with van der Waals surface area (Å²) in [6.07, 6.45) is 34.0. The number of hydrogen-bond acceptors (Lipinski definition) is 0. The fraction of sp³-hybridized carbons (Fsp3) is 0.885. The van der Waals surface area contributed by atoms with E-state index in [9.17, 15) is 0 Å². The first-order valence-corrected chi connectivity index (χ1v) is 12.3. The van der Waals surface area contributed by atoms with Gasteiger partial charge in [0, 0.05) is 0 Å². The lowest BCUT2D eigenvalue weighted by Crippen LogP contribution is -1.99. The smallest absolute Gasteiger partial charge is 0.0351 e. The van der Waals surface area contributed by atoms with Crippen LogP contribution < -0.4 is 0 Å². The number of hydrogen-bond donors (Lipinski definition) is 0. The second kappa shape index (κ2) is 22.8. The zero-order valence-corrected chi connectivity index (χ0v) is 18.7. The molecule has 0 aromatic carbocycles. The summed E-state index contributed by atoms with van der Waals surface area (Å²) >= 11 is 0. The van der Waals surface area contributed by atoms with E-state index in [-0.39, 0.29) is 0 Å². The molecule has 0 rings (SSSR count). The van der Waals surface area contributed by atoms with Gasteiger partial charge in [-0.05, 0) is 44.4 Å². The van der Waals surface area contributed by atoms with Crippen molar-refractivity contribution in [2.75, 3.05) is 0 Å². The molecule has 1 atom stereocenters. The third-order valence-electron chi connectivity index (χ3n) is 5.67. The highest BCUT2D eigenvalue weighted by atomic mass is 14.1. The molecule has 0 amide bonds. The molecule has 0 heteroatoms. The largest absolute Gasteiger partial charge is 0.0885 e. The van der Waals surface area contributed by atoms with Crippen LogP contribution in [0.2, 0.25) is 0 Å². The minimum atomic E-state index is 0.887. The van der Waals surface area contributed by atoms with Crippen LogP contribution in [0.5, 0.6) is 0 Å². The molecule has 0 nitrogen and oxygen atoms in total. The van der Waals surface area contributed by atoms with Crippen LogP contribution >= 0.6 is 0 Å². The second-order valence-electron chi connectivity index (χ2n) is 8.27.